The van der Waals surface area contributed by atoms with Crippen molar-refractivity contribution in [3.8, 4) is 0 Å². The number of aromatic nitrogens is 2. The van der Waals surface area contributed by atoms with Crippen molar-refractivity contribution in [1.82, 2.24) is 9.78 Å². The molecule has 0 aliphatic rings. The van der Waals surface area contributed by atoms with Gasteiger partial charge in [0.25, 0.3) is 11.8 Å². The number of hydrogen-bond acceptors (Lipinski definition) is 7. The van der Waals surface area contributed by atoms with Crippen LogP contribution >= 0.6 is 22.7 Å². The summed E-state index contributed by atoms with van der Waals surface area (Å²) in [6.45, 7) is 0. The van der Waals surface area contributed by atoms with Crippen molar-refractivity contribution in [2.24, 2.45) is 7.05 Å². The number of carbonyl (C=O) groups excluding carboxylic acids is 3. The van der Waals surface area contributed by atoms with Crippen LogP contribution in [0.4, 0.5) is 10.0 Å². The molecule has 0 bridgehead atoms. The van der Waals surface area contributed by atoms with Gasteiger partial charge in [-0.1, -0.05) is 0 Å². The van der Waals surface area contributed by atoms with Crippen molar-refractivity contribution >= 4 is 50.5 Å². The van der Waals surface area contributed by atoms with Crippen LogP contribution in [0.3, 0.4) is 0 Å². The van der Waals surface area contributed by atoms with Crippen LogP contribution in [0.15, 0.2) is 35.2 Å². The Labute approximate surface area is 156 Å². The fraction of sp³-hybridized carbons (Fsp3) is 0.125. The summed E-state index contributed by atoms with van der Waals surface area (Å²) in [5.74, 6) is -1.33. The minimum Gasteiger partial charge on any atom is -0.465 e. The second-order valence-electron chi connectivity index (χ2n) is 5.07. The summed E-state index contributed by atoms with van der Waals surface area (Å²) in [6, 6.07) is 4.76. The lowest BCUT2D eigenvalue weighted by atomic mass is 10.2. The van der Waals surface area contributed by atoms with Crippen molar-refractivity contribution < 1.29 is 19.1 Å². The molecule has 0 aromatic carbocycles. The molecule has 0 spiro atoms. The van der Waals surface area contributed by atoms with Crippen LogP contribution in [0.1, 0.15) is 31.2 Å². The molecule has 8 nitrogen and oxygen atoms in total. The summed E-state index contributed by atoms with van der Waals surface area (Å²) in [5.41, 5.74) is 0.951. The molecule has 3 aromatic heterocycles. The minimum absolute atomic E-state index is 0.279. The molecule has 2 N–H and O–H groups in total. The Hall–Kier alpha value is -2.98. The largest absolute Gasteiger partial charge is 0.465 e. The van der Waals surface area contributed by atoms with Crippen LogP contribution in [0, 0.1) is 0 Å². The quantitative estimate of drug-likeness (QED) is 0.652. The monoisotopic (exact) mass is 390 g/mol. The lowest BCUT2D eigenvalue weighted by Gasteiger charge is -2.08. The smallest absolute Gasteiger partial charge is 0.340 e. The molecule has 3 aromatic rings. The molecule has 0 radical (unpaired) electrons. The SMILES string of the molecule is COC(=O)c1ccsc1NC(=O)c1ccsc1NC(=O)c1ccnn1C. The lowest BCUT2D eigenvalue weighted by Crippen LogP contribution is -2.19. The Balaban J connectivity index is 1.77. The highest BCUT2D eigenvalue weighted by atomic mass is 32.1. The van der Waals surface area contributed by atoms with E-state index in [4.69, 9.17) is 0 Å². The Morgan fingerprint density at radius 3 is 2.23 bits per heavy atom. The zero-order chi connectivity index (χ0) is 18.7. The van der Waals surface area contributed by atoms with Crippen molar-refractivity contribution in [1.29, 1.82) is 0 Å². The number of carbonyl (C=O) groups is 3. The summed E-state index contributed by atoms with van der Waals surface area (Å²) >= 11 is 2.44. The highest BCUT2D eigenvalue weighted by Crippen LogP contribution is 2.28. The number of nitrogens with one attached hydrogen (secondary N) is 2. The topological polar surface area (TPSA) is 102 Å². The van der Waals surface area contributed by atoms with Crippen LogP contribution in [-0.2, 0) is 11.8 Å². The molecule has 134 valence electrons. The highest BCUT2D eigenvalue weighted by molar-refractivity contribution is 7.15. The molecule has 2 amide bonds. The number of methoxy groups -OCH3 is 1. The van der Waals surface area contributed by atoms with E-state index in [1.807, 2.05) is 0 Å². The molecule has 3 heterocycles. The standard InChI is InChI=1S/C16H14N4O4S2/c1-20-11(3-6-17-20)13(22)19-14-9(4-7-25-14)12(21)18-15-10(5-8-26-15)16(23)24-2/h3-8H,1-2H3,(H,18,21)(H,19,22). The third-order valence-corrected chi connectivity index (χ3v) is 5.15. The van der Waals surface area contributed by atoms with E-state index < -0.39 is 11.9 Å². The molecular weight excluding hydrogens is 376 g/mol. The van der Waals surface area contributed by atoms with Gasteiger partial charge in [0.2, 0.25) is 0 Å². The fourth-order valence-electron chi connectivity index (χ4n) is 2.20. The maximum atomic E-state index is 12.6. The first kappa shape index (κ1) is 17.8. The second kappa shape index (κ2) is 7.50. The minimum atomic E-state index is -0.531. The Morgan fingerprint density at radius 2 is 1.62 bits per heavy atom. The third kappa shape index (κ3) is 3.51. The van der Waals surface area contributed by atoms with Gasteiger partial charge in [-0.05, 0) is 29.0 Å². The first-order valence-electron chi connectivity index (χ1n) is 7.35. The summed E-state index contributed by atoms with van der Waals surface area (Å²) in [4.78, 5) is 36.6. The van der Waals surface area contributed by atoms with E-state index in [2.05, 4.69) is 20.5 Å². The predicted molar refractivity (Wildman–Crippen MR) is 99.1 cm³/mol. The van der Waals surface area contributed by atoms with Crippen LogP contribution in [0.25, 0.3) is 0 Å². The highest BCUT2D eigenvalue weighted by Gasteiger charge is 2.20. The van der Waals surface area contributed by atoms with Gasteiger partial charge in [-0.3, -0.25) is 14.3 Å². The predicted octanol–water partition coefficient (Wildman–Crippen LogP) is 2.83. The van der Waals surface area contributed by atoms with E-state index in [9.17, 15) is 14.4 Å². The number of anilines is 2. The maximum Gasteiger partial charge on any atom is 0.340 e. The van der Waals surface area contributed by atoms with E-state index in [1.54, 1.807) is 36.0 Å². The molecule has 0 saturated heterocycles. The van der Waals surface area contributed by atoms with Crippen LogP contribution in [0.2, 0.25) is 0 Å². The van der Waals surface area contributed by atoms with Crippen molar-refractivity contribution in [2.45, 2.75) is 0 Å². The van der Waals surface area contributed by atoms with Crippen molar-refractivity contribution in [3.63, 3.8) is 0 Å². The van der Waals surface area contributed by atoms with E-state index in [1.165, 1.54) is 40.7 Å². The lowest BCUT2D eigenvalue weighted by molar-refractivity contribution is 0.0602. The van der Waals surface area contributed by atoms with Crippen molar-refractivity contribution in [2.75, 3.05) is 17.7 Å². The van der Waals surface area contributed by atoms with Gasteiger partial charge in [-0.15, -0.1) is 22.7 Å². The number of hydrogen-bond donors (Lipinski definition) is 2. The zero-order valence-corrected chi connectivity index (χ0v) is 15.4. The number of ether oxygens (including phenoxy) is 1. The summed E-state index contributed by atoms with van der Waals surface area (Å²) in [6.07, 6.45) is 1.52. The Kier molecular flexibility index (Phi) is 5.14. The first-order chi connectivity index (χ1) is 12.5. The number of nitrogens with zero attached hydrogens (tertiary/aromatic N) is 2. The number of thiophene rings is 2. The molecule has 0 aliphatic carbocycles. The summed E-state index contributed by atoms with van der Waals surface area (Å²) in [5, 5.41) is 13.5. The molecule has 0 saturated carbocycles. The number of esters is 1. The molecule has 0 aliphatic heterocycles. The number of rotatable bonds is 5. The number of aryl methyl sites for hydroxylation is 1. The van der Waals surface area contributed by atoms with Crippen LogP contribution in [0.5, 0.6) is 0 Å². The van der Waals surface area contributed by atoms with Gasteiger partial charge >= 0.3 is 5.97 Å². The first-order valence-corrected chi connectivity index (χ1v) is 9.11. The molecule has 0 atom stereocenters. The Bertz CT molecular complexity index is 972. The molecule has 0 unspecified atom stereocenters. The molecule has 10 heteroatoms. The van der Waals surface area contributed by atoms with Crippen LogP contribution < -0.4 is 10.6 Å². The van der Waals surface area contributed by atoms with E-state index in [0.717, 1.165) is 0 Å². The van der Waals surface area contributed by atoms with E-state index >= 15 is 0 Å². The average Bonchev–Trinajstić information content (AvgIpc) is 3.35. The van der Waals surface area contributed by atoms with Crippen LogP contribution in [-0.4, -0.2) is 34.7 Å². The fourth-order valence-corrected chi connectivity index (χ4v) is 3.75. The average molecular weight is 390 g/mol. The Morgan fingerprint density at radius 1 is 1.00 bits per heavy atom. The summed E-state index contributed by atoms with van der Waals surface area (Å²) in [7, 11) is 2.93. The van der Waals surface area contributed by atoms with Gasteiger partial charge in [0, 0.05) is 13.2 Å². The molecule has 26 heavy (non-hydrogen) atoms. The van der Waals surface area contributed by atoms with Gasteiger partial charge < -0.3 is 15.4 Å². The van der Waals surface area contributed by atoms with Gasteiger partial charge in [0.05, 0.1) is 18.2 Å². The van der Waals surface area contributed by atoms with Gasteiger partial charge in [0.15, 0.2) is 0 Å². The zero-order valence-electron chi connectivity index (χ0n) is 13.8. The molecular formula is C16H14N4O4S2. The maximum absolute atomic E-state index is 12.6. The molecule has 3 rings (SSSR count). The summed E-state index contributed by atoms with van der Waals surface area (Å²) < 4.78 is 6.13. The van der Waals surface area contributed by atoms with E-state index in [-0.39, 0.29) is 11.5 Å². The van der Waals surface area contributed by atoms with Gasteiger partial charge in [-0.25, -0.2) is 4.79 Å². The normalized spacial score (nSPS) is 10.4. The van der Waals surface area contributed by atoms with Gasteiger partial charge in [0.1, 0.15) is 15.7 Å². The van der Waals surface area contributed by atoms with Gasteiger partial charge in [-0.2, -0.15) is 5.10 Å². The molecule has 0 fully saturated rings. The number of amides is 2. The van der Waals surface area contributed by atoms with Crippen molar-refractivity contribution in [3.05, 3.63) is 52.0 Å². The van der Waals surface area contributed by atoms with E-state index in [0.29, 0.717) is 21.3 Å². The second-order valence-corrected chi connectivity index (χ2v) is 6.90. The third-order valence-electron chi connectivity index (χ3n) is 3.49.